The van der Waals surface area contributed by atoms with Crippen molar-refractivity contribution in [1.29, 1.82) is 10.5 Å². The molecule has 0 amide bonds. The van der Waals surface area contributed by atoms with Crippen LogP contribution in [0.2, 0.25) is 0 Å². The molecule has 3 N–H and O–H groups in total. The highest BCUT2D eigenvalue weighted by atomic mass is 16.5. The number of hydrogen-bond donors (Lipinski definition) is 3. The number of nitrogens with one attached hydrogen (secondary N) is 1. The number of nitrogens with zero attached hydrogens (tertiary/aromatic N) is 2. The highest BCUT2D eigenvalue weighted by Gasteiger charge is 2.09. The van der Waals surface area contributed by atoms with Crippen LogP contribution in [0, 0.1) is 22.7 Å². The molecular weight excluding hydrogens is 452 g/mol. The van der Waals surface area contributed by atoms with Crippen molar-refractivity contribution in [1.82, 2.24) is 0 Å². The van der Waals surface area contributed by atoms with Crippen molar-refractivity contribution >= 4 is 37.1 Å². The number of aromatic hydroxyl groups is 2. The zero-order valence-electron chi connectivity index (χ0n) is 19.3. The van der Waals surface area contributed by atoms with E-state index in [9.17, 15) is 10.2 Å². The highest BCUT2D eigenvalue weighted by Crippen LogP contribution is 2.33. The van der Waals surface area contributed by atoms with Crippen molar-refractivity contribution in [3.63, 3.8) is 0 Å². The summed E-state index contributed by atoms with van der Waals surface area (Å²) in [6.07, 6.45) is 0. The lowest BCUT2D eigenvalue weighted by Gasteiger charge is -2.13. The Bertz CT molecular complexity index is 1430. The average Bonchev–Trinajstić information content (AvgIpc) is 2.91. The number of phenols is 2. The molecule has 0 unspecified atom stereocenters. The molecule has 0 spiro atoms. The molecule has 9 heteroatoms. The largest absolute Gasteiger partial charge is 0.557 e. The Morgan fingerprint density at radius 2 is 1.22 bits per heavy atom. The second-order valence-electron chi connectivity index (χ2n) is 7.99. The molecule has 4 aromatic carbocycles. The Kier molecular flexibility index (Phi) is 7.65. The first-order valence-electron chi connectivity index (χ1n) is 11.2. The predicted molar refractivity (Wildman–Crippen MR) is 141 cm³/mol. The number of ether oxygens (including phenoxy) is 1. The maximum Gasteiger partial charge on any atom is 0.374 e. The molecule has 174 valence electrons. The van der Waals surface area contributed by atoms with Gasteiger partial charge in [-0.3, -0.25) is 0 Å². The van der Waals surface area contributed by atoms with E-state index in [-0.39, 0.29) is 19.0 Å². The van der Waals surface area contributed by atoms with E-state index >= 15 is 0 Å². The number of nitriles is 2. The van der Waals surface area contributed by atoms with Crippen molar-refractivity contribution < 1.29 is 19.6 Å². The first-order chi connectivity index (χ1) is 17.5. The summed E-state index contributed by atoms with van der Waals surface area (Å²) in [5, 5.41) is 41.4. The first kappa shape index (κ1) is 24.1. The molecule has 36 heavy (non-hydrogen) atoms. The lowest BCUT2D eigenvalue weighted by Crippen LogP contribution is -2.21. The van der Waals surface area contributed by atoms with Crippen LogP contribution >= 0.6 is 0 Å². The van der Waals surface area contributed by atoms with Gasteiger partial charge in [-0.05, 0) is 54.0 Å². The Morgan fingerprint density at radius 3 is 1.81 bits per heavy atom. The molecule has 0 heterocycles. The van der Waals surface area contributed by atoms with E-state index in [1.54, 1.807) is 66.7 Å². The molecule has 0 atom stereocenters. The predicted octanol–water partition coefficient (Wildman–Crippen LogP) is 2.74. The van der Waals surface area contributed by atoms with E-state index in [1.807, 2.05) is 12.1 Å². The van der Waals surface area contributed by atoms with E-state index in [4.69, 9.17) is 19.9 Å². The molecule has 4 aromatic rings. The molecule has 0 aliphatic rings. The summed E-state index contributed by atoms with van der Waals surface area (Å²) in [7, 11) is 0.861. The van der Waals surface area contributed by atoms with Crippen LogP contribution in [0.5, 0.6) is 23.0 Å². The SMILES string of the molecule is N#Cc1ccc(BCOc2cc(Nc3ccc(O)c(OBc4ccc(C#N)cc4)c3)ccc2O)cc1. The molecule has 7 nitrogen and oxygen atoms in total. The molecule has 0 aromatic heterocycles. The highest BCUT2D eigenvalue weighted by molar-refractivity contribution is 6.53. The van der Waals surface area contributed by atoms with Crippen molar-refractivity contribution in [3.8, 4) is 35.1 Å². The molecule has 0 aliphatic carbocycles. The molecule has 0 radical (unpaired) electrons. The molecule has 0 saturated heterocycles. The van der Waals surface area contributed by atoms with Crippen molar-refractivity contribution in [2.24, 2.45) is 0 Å². The van der Waals surface area contributed by atoms with Crippen LogP contribution in [0.25, 0.3) is 0 Å². The lowest BCUT2D eigenvalue weighted by molar-refractivity contribution is 0.353. The summed E-state index contributed by atoms with van der Waals surface area (Å²) in [5.41, 5.74) is 4.43. The number of anilines is 2. The quantitative estimate of drug-likeness (QED) is 0.253. The van der Waals surface area contributed by atoms with Crippen molar-refractivity contribution in [3.05, 3.63) is 96.1 Å². The third-order valence-corrected chi connectivity index (χ3v) is 5.42. The Labute approximate surface area is 210 Å². The second-order valence-corrected chi connectivity index (χ2v) is 7.99. The third kappa shape index (κ3) is 6.31. The minimum absolute atomic E-state index is 0.00623. The zero-order chi connectivity index (χ0) is 25.3. The smallest absolute Gasteiger partial charge is 0.374 e. The van der Waals surface area contributed by atoms with E-state index in [0.29, 0.717) is 47.8 Å². The van der Waals surface area contributed by atoms with Crippen LogP contribution in [-0.2, 0) is 0 Å². The summed E-state index contributed by atoms with van der Waals surface area (Å²) in [6.45, 7) is 0.357. The van der Waals surface area contributed by atoms with Gasteiger partial charge in [0.1, 0.15) is 5.75 Å². The summed E-state index contributed by atoms with van der Waals surface area (Å²) >= 11 is 0. The van der Waals surface area contributed by atoms with Gasteiger partial charge in [0.2, 0.25) is 7.28 Å². The van der Waals surface area contributed by atoms with Gasteiger partial charge in [0, 0.05) is 23.5 Å². The summed E-state index contributed by atoms with van der Waals surface area (Å²) in [4.78, 5) is 0. The monoisotopic (exact) mass is 473 g/mol. The van der Waals surface area contributed by atoms with E-state index in [0.717, 1.165) is 10.9 Å². The molecule has 0 aliphatic heterocycles. The molecule has 0 bridgehead atoms. The molecule has 0 fully saturated rings. The lowest BCUT2D eigenvalue weighted by atomic mass is 9.71. The van der Waals surface area contributed by atoms with E-state index < -0.39 is 0 Å². The molecular formula is C27H21B2N3O4. The maximum absolute atomic E-state index is 10.2. The first-order valence-corrected chi connectivity index (χ1v) is 11.2. The van der Waals surface area contributed by atoms with Crippen molar-refractivity contribution in [2.75, 3.05) is 11.8 Å². The van der Waals surface area contributed by atoms with Gasteiger partial charge in [0.25, 0.3) is 0 Å². The number of phenolic OH excluding ortho intramolecular Hbond substituents is 2. The average molecular weight is 473 g/mol. The fourth-order valence-corrected chi connectivity index (χ4v) is 3.44. The normalized spacial score (nSPS) is 9.94. The zero-order valence-corrected chi connectivity index (χ0v) is 19.3. The third-order valence-electron chi connectivity index (χ3n) is 5.42. The van der Waals surface area contributed by atoms with E-state index in [2.05, 4.69) is 17.5 Å². The fraction of sp³-hybridized carbons (Fsp3) is 0.0370. The minimum atomic E-state index is 0.00623. The number of benzene rings is 4. The van der Waals surface area contributed by atoms with E-state index in [1.165, 1.54) is 6.07 Å². The van der Waals surface area contributed by atoms with Crippen LogP contribution in [0.3, 0.4) is 0 Å². The Hall–Kier alpha value is -5.01. The van der Waals surface area contributed by atoms with Gasteiger partial charge in [-0.15, -0.1) is 0 Å². The van der Waals surface area contributed by atoms with Crippen LogP contribution < -0.4 is 25.6 Å². The maximum atomic E-state index is 10.2. The van der Waals surface area contributed by atoms with Gasteiger partial charge in [0.15, 0.2) is 17.2 Å². The fourth-order valence-electron chi connectivity index (χ4n) is 3.44. The molecule has 0 saturated carbocycles. The van der Waals surface area contributed by atoms with Gasteiger partial charge < -0.3 is 24.9 Å². The van der Waals surface area contributed by atoms with Gasteiger partial charge in [0.05, 0.1) is 29.8 Å². The van der Waals surface area contributed by atoms with Crippen molar-refractivity contribution in [2.45, 2.75) is 0 Å². The van der Waals surface area contributed by atoms with Gasteiger partial charge in [-0.2, -0.15) is 10.5 Å². The Morgan fingerprint density at radius 1 is 0.694 bits per heavy atom. The number of hydrogen-bond acceptors (Lipinski definition) is 7. The van der Waals surface area contributed by atoms with Crippen LogP contribution in [0.15, 0.2) is 84.9 Å². The second kappa shape index (κ2) is 11.4. The van der Waals surface area contributed by atoms with Gasteiger partial charge in [-0.1, -0.05) is 29.7 Å². The van der Waals surface area contributed by atoms with Crippen LogP contribution in [0.1, 0.15) is 11.1 Å². The topological polar surface area (TPSA) is 119 Å². The summed E-state index contributed by atoms with van der Waals surface area (Å²) in [5.74, 6) is 0.677. The Balaban J connectivity index is 1.38. The molecule has 4 rings (SSSR count). The minimum Gasteiger partial charge on any atom is -0.557 e. The van der Waals surface area contributed by atoms with Gasteiger partial charge >= 0.3 is 7.48 Å². The van der Waals surface area contributed by atoms with Gasteiger partial charge in [-0.25, -0.2) is 0 Å². The standard InChI is InChI=1S/C27H21B2N3O4/c30-15-18-1-5-20(6-2-18)28-17-35-26-13-22(9-11-24(26)33)32-23-10-12-25(34)27(14-23)36-29-21-7-3-19(16-31)4-8-21/h1-14,28-29,32-34H,17H2. The summed E-state index contributed by atoms with van der Waals surface area (Å²) in [6, 6.07) is 28.4. The van der Waals surface area contributed by atoms with Crippen LogP contribution in [0.4, 0.5) is 11.4 Å². The summed E-state index contributed by atoms with van der Waals surface area (Å²) < 4.78 is 11.6. The number of rotatable bonds is 9. The van der Waals surface area contributed by atoms with Crippen LogP contribution in [-0.4, -0.2) is 31.5 Å².